The fraction of sp³-hybridized carbons (Fsp3) is 0.400. The van der Waals surface area contributed by atoms with E-state index in [1.807, 2.05) is 47.0 Å². The first-order chi connectivity index (χ1) is 9.72. The number of fused-ring (bicyclic) bond motifs is 2. The molecule has 0 saturated heterocycles. The lowest BCUT2D eigenvalue weighted by molar-refractivity contribution is 1.42. The van der Waals surface area contributed by atoms with Gasteiger partial charge in [0.05, 0.1) is 16.8 Å². The predicted octanol–water partition coefficient (Wildman–Crippen LogP) is 6.10. The smallest absolute Gasteiger partial charge is 0.265 e. The van der Waals surface area contributed by atoms with Crippen LogP contribution in [0.25, 0.3) is 0 Å². The summed E-state index contributed by atoms with van der Waals surface area (Å²) in [6.45, 7) is 0. The van der Waals surface area contributed by atoms with Gasteiger partial charge < -0.3 is 0 Å². The maximum Gasteiger partial charge on any atom is 0.289 e. The van der Waals surface area contributed by atoms with Crippen LogP contribution in [0.3, 0.4) is 0 Å². The van der Waals surface area contributed by atoms with Gasteiger partial charge in [-0.1, -0.05) is 34.9 Å². The minimum atomic E-state index is 0.224. The number of hydrogen-bond acceptors (Lipinski definition) is 10. The maximum absolute atomic E-state index is 11.6. The Kier molecular flexibility index (Phi) is 6.45. The fourth-order valence-corrected chi connectivity index (χ4v) is 13.0. The summed E-state index contributed by atoms with van der Waals surface area (Å²) < 4.78 is 6.46. The van der Waals surface area contributed by atoms with E-state index in [0.29, 0.717) is 0 Å². The third kappa shape index (κ3) is 4.29. The van der Waals surface area contributed by atoms with Crippen LogP contribution in [0.5, 0.6) is 0 Å². The van der Waals surface area contributed by atoms with Crippen LogP contribution >= 0.6 is 105 Å². The Balaban J connectivity index is 1.77. The first-order valence-electron chi connectivity index (χ1n) is 5.51. The highest BCUT2D eigenvalue weighted by Gasteiger charge is 2.14. The summed E-state index contributed by atoms with van der Waals surface area (Å²) in [4.78, 5) is 11.6. The van der Waals surface area contributed by atoms with Gasteiger partial charge in [0.15, 0.2) is 0 Å². The normalized spacial score (nSPS) is 16.8. The van der Waals surface area contributed by atoms with Crippen molar-refractivity contribution in [2.24, 2.45) is 0 Å². The topological polar surface area (TPSA) is 17.1 Å². The summed E-state index contributed by atoms with van der Waals surface area (Å²) in [5, 5.41) is 0. The van der Waals surface area contributed by atoms with E-state index >= 15 is 0 Å². The Morgan fingerprint density at radius 3 is 1.40 bits per heavy atom. The summed E-state index contributed by atoms with van der Waals surface area (Å²) in [7, 11) is 0. The lowest BCUT2D eigenvalue weighted by Crippen LogP contribution is -1.87. The monoisotopic (exact) mass is 432 g/mol. The van der Waals surface area contributed by atoms with Gasteiger partial charge in [-0.3, -0.25) is 4.79 Å². The second kappa shape index (κ2) is 7.87. The average Bonchev–Trinajstić information content (AvgIpc) is 2.92. The first kappa shape index (κ1) is 16.4. The molecule has 0 radical (unpaired) electrons. The number of thioether (sulfide) groups is 4. The summed E-state index contributed by atoms with van der Waals surface area (Å²) in [5.41, 5.74) is 0. The Morgan fingerprint density at radius 1 is 0.650 bits per heavy atom. The molecule has 3 rings (SSSR count). The molecule has 0 amide bonds. The molecule has 0 saturated carbocycles. The summed E-state index contributed by atoms with van der Waals surface area (Å²) >= 11 is 19.1. The van der Waals surface area contributed by atoms with Gasteiger partial charge in [-0.15, -0.1) is 69.7 Å². The van der Waals surface area contributed by atoms with Crippen LogP contribution in [0.2, 0.25) is 0 Å². The minimum Gasteiger partial charge on any atom is -0.265 e. The van der Waals surface area contributed by atoms with Gasteiger partial charge >= 0.3 is 0 Å². The molecule has 2 aromatic heterocycles. The largest absolute Gasteiger partial charge is 0.289 e. The highest BCUT2D eigenvalue weighted by Crippen LogP contribution is 2.43. The molecule has 3 heterocycles. The second-order valence-corrected chi connectivity index (χ2v) is 14.4. The van der Waals surface area contributed by atoms with Gasteiger partial charge in [0, 0.05) is 23.0 Å². The van der Waals surface area contributed by atoms with Crippen molar-refractivity contribution in [2.45, 2.75) is 16.8 Å². The van der Waals surface area contributed by atoms with Crippen molar-refractivity contribution in [3.63, 3.8) is 0 Å². The van der Waals surface area contributed by atoms with E-state index in [-0.39, 0.29) is 4.06 Å². The summed E-state index contributed by atoms with van der Waals surface area (Å²) in [5.74, 6) is 4.23. The lowest BCUT2D eigenvalue weighted by Gasteiger charge is -2.06. The van der Waals surface area contributed by atoms with Crippen molar-refractivity contribution < 1.29 is 0 Å². The molecule has 0 fully saturated rings. The molecule has 1 nitrogen and oxygen atoms in total. The van der Waals surface area contributed by atoms with Gasteiger partial charge in [-0.25, -0.2) is 0 Å². The molecule has 1 aliphatic rings. The summed E-state index contributed by atoms with van der Waals surface area (Å²) in [6.07, 6.45) is 0. The zero-order valence-electron chi connectivity index (χ0n) is 9.91. The van der Waals surface area contributed by atoms with E-state index in [2.05, 4.69) is 0 Å². The van der Waals surface area contributed by atoms with Crippen LogP contribution in [0.1, 0.15) is 0 Å². The molecule has 1 aliphatic heterocycles. The molecular formula is C10H8OS9. The third-order valence-corrected chi connectivity index (χ3v) is 13.3. The molecule has 0 aliphatic carbocycles. The van der Waals surface area contributed by atoms with Crippen molar-refractivity contribution >= 4 is 105 Å². The molecule has 0 atom stereocenters. The van der Waals surface area contributed by atoms with E-state index in [1.165, 1.54) is 39.5 Å². The van der Waals surface area contributed by atoms with Gasteiger partial charge in [-0.05, 0) is 0 Å². The molecule has 0 bridgehead atoms. The van der Waals surface area contributed by atoms with Crippen LogP contribution in [-0.4, -0.2) is 23.0 Å². The molecule has 20 heavy (non-hydrogen) atoms. The van der Waals surface area contributed by atoms with Crippen LogP contribution in [0, 0.1) is 3.14 Å². The standard InChI is InChI=1S/C10H8OS9/c11-9-17-5-6(18-9)14-2-4-16-8-7(15-3-1-13-5)19-10(12)20-8/h1-4H2. The highest BCUT2D eigenvalue weighted by atomic mass is 32.2. The Bertz CT molecular complexity index is 577. The average molecular weight is 433 g/mol. The number of hydrogen-bond donors (Lipinski definition) is 0. The van der Waals surface area contributed by atoms with Crippen molar-refractivity contribution in [2.75, 3.05) is 23.0 Å². The third-order valence-electron chi connectivity index (χ3n) is 2.14. The Morgan fingerprint density at radius 2 is 1.00 bits per heavy atom. The number of rotatable bonds is 0. The van der Waals surface area contributed by atoms with Crippen molar-refractivity contribution in [3.05, 3.63) is 12.0 Å². The quantitative estimate of drug-likeness (QED) is 0.464. The van der Waals surface area contributed by atoms with Crippen LogP contribution < -0.4 is 4.06 Å². The van der Waals surface area contributed by atoms with E-state index in [4.69, 9.17) is 12.2 Å². The molecule has 108 valence electrons. The van der Waals surface area contributed by atoms with E-state index in [1.54, 1.807) is 22.7 Å². The molecule has 0 N–H and O–H groups in total. The molecule has 0 aromatic carbocycles. The zero-order valence-corrected chi connectivity index (χ0v) is 17.3. The van der Waals surface area contributed by atoms with E-state index in [0.717, 1.165) is 26.1 Å². The van der Waals surface area contributed by atoms with E-state index in [9.17, 15) is 4.79 Å². The molecular weight excluding hydrogens is 425 g/mol. The van der Waals surface area contributed by atoms with Crippen molar-refractivity contribution in [1.82, 2.24) is 0 Å². The van der Waals surface area contributed by atoms with Crippen molar-refractivity contribution in [1.29, 1.82) is 0 Å². The van der Waals surface area contributed by atoms with Gasteiger partial charge in [-0.2, -0.15) is 0 Å². The molecule has 10 heteroatoms. The first-order valence-corrected chi connectivity index (χ1v) is 13.1. The van der Waals surface area contributed by atoms with Gasteiger partial charge in [0.25, 0.3) is 4.06 Å². The van der Waals surface area contributed by atoms with E-state index < -0.39 is 0 Å². The van der Waals surface area contributed by atoms with Crippen LogP contribution in [0.4, 0.5) is 0 Å². The molecule has 2 aromatic rings. The zero-order chi connectivity index (χ0) is 13.9. The predicted molar refractivity (Wildman–Crippen MR) is 104 cm³/mol. The summed E-state index contributed by atoms with van der Waals surface area (Å²) in [6, 6.07) is 0. The molecule has 0 spiro atoms. The maximum atomic E-state index is 11.6. The van der Waals surface area contributed by atoms with Crippen molar-refractivity contribution in [3.8, 4) is 0 Å². The fourth-order valence-electron chi connectivity index (χ4n) is 1.40. The molecule has 0 unspecified atom stereocenters. The van der Waals surface area contributed by atoms with Gasteiger partial charge in [0.2, 0.25) is 0 Å². The lowest BCUT2D eigenvalue weighted by atomic mass is 11.0. The minimum absolute atomic E-state index is 0.224. The Labute approximate surface area is 155 Å². The second-order valence-electron chi connectivity index (χ2n) is 3.45. The van der Waals surface area contributed by atoms with Gasteiger partial charge in [0.1, 0.15) is 3.14 Å². The SMILES string of the molecule is O=c1sc2c(s1)SCCSc1sc(=S)sc1SCCS2. The van der Waals surface area contributed by atoms with Crippen LogP contribution in [-0.2, 0) is 0 Å². The van der Waals surface area contributed by atoms with Crippen LogP contribution in [0.15, 0.2) is 21.6 Å². The highest BCUT2D eigenvalue weighted by molar-refractivity contribution is 8.08. The Hall–Kier alpha value is 1.52.